The van der Waals surface area contributed by atoms with Crippen LogP contribution in [0, 0.1) is 11.2 Å². The Morgan fingerprint density at radius 3 is 2.75 bits per heavy atom. The first kappa shape index (κ1) is 36.7. The number of quaternary nitrogens is 1. The Balaban J connectivity index is 1.23. The van der Waals surface area contributed by atoms with E-state index >= 15 is 4.39 Å². The highest BCUT2D eigenvalue weighted by Crippen LogP contribution is 2.44. The molecule has 5 atom stereocenters. The fraction of sp³-hybridized carbons (Fsp3) is 0.588. The molecule has 0 radical (unpaired) electrons. The van der Waals surface area contributed by atoms with E-state index in [0.29, 0.717) is 43.1 Å². The van der Waals surface area contributed by atoms with E-state index in [1.54, 1.807) is 0 Å². The minimum atomic E-state index is -4.89. The van der Waals surface area contributed by atoms with Crippen molar-refractivity contribution in [2.24, 2.45) is 0 Å². The fourth-order valence-corrected chi connectivity index (χ4v) is 8.16. The van der Waals surface area contributed by atoms with Crippen molar-refractivity contribution in [3.05, 3.63) is 51.1 Å². The average molecular weight is 758 g/mol. The molecule has 4 aliphatic heterocycles. The molecule has 2 aromatic rings. The molecule has 5 N–H and O–H groups in total. The van der Waals surface area contributed by atoms with Crippen LogP contribution in [-0.4, -0.2) is 102 Å². The molecule has 52 heavy (non-hydrogen) atoms. The molecule has 11 nitrogen and oxygen atoms in total. The standard InChI is InChI=1S/C34H39ClF6N8O3/c1-47(24-10-20(24)37)31(50)29(43)27(35)23-14-48(8-3-7-44-23)30-18-15-51-25(26-19(34(39,40)41)4-5-21(42)28(26)38)11-22(18)45-32(46-30)52-16-33-6-2-9-49(33)13-17(36)12-33/h4-5,17,20,24-25,43-44H,2-3,6-16,42H2,1H3/p+1/b27-23+,43-29?/t17-,20?,24?,25+,33+/m1/s1. The van der Waals surface area contributed by atoms with E-state index in [4.69, 9.17) is 37.2 Å². The van der Waals surface area contributed by atoms with Gasteiger partial charge in [-0.15, -0.1) is 0 Å². The number of aromatic nitrogens is 2. The molecule has 1 amide bonds. The number of anilines is 2. The lowest BCUT2D eigenvalue weighted by atomic mass is 9.94. The lowest BCUT2D eigenvalue weighted by molar-refractivity contribution is -0.605. The summed E-state index contributed by atoms with van der Waals surface area (Å²) in [6, 6.07) is 0.908. The van der Waals surface area contributed by atoms with Crippen molar-refractivity contribution < 1.29 is 45.9 Å². The Labute approximate surface area is 301 Å². The van der Waals surface area contributed by atoms with Crippen LogP contribution >= 0.6 is 11.6 Å². The number of hydrogen-bond donors (Lipinski definition) is 3. The smallest absolute Gasteiger partial charge is 0.416 e. The number of nitrogen functional groups attached to an aromatic ring is 1. The van der Waals surface area contributed by atoms with Crippen LogP contribution in [-0.2, 0) is 28.7 Å². The largest absolute Gasteiger partial charge is 0.461 e. The van der Waals surface area contributed by atoms with E-state index in [-0.39, 0.29) is 55.8 Å². The van der Waals surface area contributed by atoms with Crippen molar-refractivity contribution in [2.45, 2.75) is 81.3 Å². The number of halogens is 7. The summed E-state index contributed by atoms with van der Waals surface area (Å²) in [7, 11) is 1.43. The molecule has 1 aromatic heterocycles. The van der Waals surface area contributed by atoms with E-state index in [0.717, 1.165) is 31.5 Å². The summed E-state index contributed by atoms with van der Waals surface area (Å²) < 4.78 is 98.0. The van der Waals surface area contributed by atoms with Gasteiger partial charge in [-0.3, -0.25) is 15.1 Å². The predicted molar refractivity (Wildman–Crippen MR) is 178 cm³/mol. The highest BCUT2D eigenvalue weighted by Gasteiger charge is 2.50. The predicted octanol–water partition coefficient (Wildman–Crippen LogP) is 3.80. The van der Waals surface area contributed by atoms with Gasteiger partial charge in [-0.2, -0.15) is 23.1 Å². The maximum absolute atomic E-state index is 15.4. The zero-order chi connectivity index (χ0) is 37.1. The van der Waals surface area contributed by atoms with E-state index < -0.39 is 70.5 Å². The summed E-state index contributed by atoms with van der Waals surface area (Å²) in [6.45, 7) is 1.90. The Bertz CT molecular complexity index is 1800. The number of nitrogens with one attached hydrogen (secondary N) is 1. The molecule has 2 unspecified atom stereocenters. The van der Waals surface area contributed by atoms with E-state index in [1.807, 2.05) is 10.2 Å². The topological polar surface area (TPSA) is 138 Å². The first-order valence-corrected chi connectivity index (χ1v) is 17.7. The van der Waals surface area contributed by atoms with E-state index in [1.165, 1.54) is 11.9 Å². The van der Waals surface area contributed by atoms with Crippen LogP contribution in [0.3, 0.4) is 0 Å². The monoisotopic (exact) mass is 757 g/mol. The molecule has 0 spiro atoms. The number of carbonyl (C=O) groups excluding carboxylic acids is 1. The Kier molecular flexibility index (Phi) is 9.84. The van der Waals surface area contributed by atoms with Gasteiger partial charge < -0.3 is 30.3 Å². The van der Waals surface area contributed by atoms with Crippen molar-refractivity contribution in [1.82, 2.24) is 19.8 Å². The maximum Gasteiger partial charge on any atom is 0.416 e. The fourth-order valence-electron chi connectivity index (χ4n) is 7.94. The molecule has 7 rings (SSSR count). The quantitative estimate of drug-likeness (QED) is 0.210. The minimum absolute atomic E-state index is 0.0818. The van der Waals surface area contributed by atoms with E-state index in [2.05, 4.69) is 9.88 Å². The first-order chi connectivity index (χ1) is 24.7. The molecule has 18 heteroatoms. The van der Waals surface area contributed by atoms with Crippen molar-refractivity contribution in [1.29, 1.82) is 5.41 Å². The van der Waals surface area contributed by atoms with Gasteiger partial charge in [0.2, 0.25) is 0 Å². The van der Waals surface area contributed by atoms with Gasteiger partial charge in [0.15, 0.2) is 5.82 Å². The number of carbonyl (C=O) groups is 1. The second kappa shape index (κ2) is 14.0. The zero-order valence-corrected chi connectivity index (χ0v) is 29.2. The molecule has 1 saturated carbocycles. The molecule has 3 saturated heterocycles. The summed E-state index contributed by atoms with van der Waals surface area (Å²) in [6.07, 6.45) is -6.00. The average Bonchev–Trinajstić information content (AvgIpc) is 3.69. The minimum Gasteiger partial charge on any atom is -0.461 e. The number of alkyl halides is 5. The highest BCUT2D eigenvalue weighted by atomic mass is 35.5. The van der Waals surface area contributed by atoms with Crippen LogP contribution in [0.15, 0.2) is 22.9 Å². The number of ether oxygens (including phenoxy) is 2. The van der Waals surface area contributed by atoms with Crippen LogP contribution < -0.4 is 20.7 Å². The van der Waals surface area contributed by atoms with Crippen LogP contribution in [0.25, 0.3) is 0 Å². The first-order valence-electron chi connectivity index (χ1n) is 17.3. The number of nitrogens with two attached hydrogens (primary N) is 2. The van der Waals surface area contributed by atoms with Gasteiger partial charge in [0, 0.05) is 56.9 Å². The van der Waals surface area contributed by atoms with Crippen molar-refractivity contribution in [2.75, 3.05) is 57.0 Å². The number of hydrogen-bond acceptors (Lipinski definition) is 9. The normalized spacial score (nSPS) is 28.6. The lowest BCUT2D eigenvalue weighted by Gasteiger charge is -2.33. The third-order valence-electron chi connectivity index (χ3n) is 10.8. The van der Waals surface area contributed by atoms with Gasteiger partial charge in [0.25, 0.3) is 5.91 Å². The number of amides is 1. The van der Waals surface area contributed by atoms with Gasteiger partial charge in [0.05, 0.1) is 54.3 Å². The molecule has 1 aromatic carbocycles. The number of benzene rings is 1. The zero-order valence-electron chi connectivity index (χ0n) is 28.4. The summed E-state index contributed by atoms with van der Waals surface area (Å²) in [4.78, 5) is 27.4. The van der Waals surface area contributed by atoms with Crippen molar-refractivity contribution in [3.8, 4) is 6.01 Å². The second-order valence-corrected chi connectivity index (χ2v) is 14.6. The molecule has 5 aliphatic rings. The SMILES string of the molecule is CN(C(=O)C(=N)/C(Cl)=C1/CN(c2nc(OC[C@@]34CCCN3C[C@H](F)C4)nc3c2CO[C@H](c2c(C(F)(F)F)ccc(N)c2F)C3)CCC[NH2+]1)C1CC1F. The molecule has 4 fully saturated rings. The van der Waals surface area contributed by atoms with Crippen LogP contribution in [0.5, 0.6) is 6.01 Å². The third-order valence-corrected chi connectivity index (χ3v) is 11.3. The number of nitrogens with zero attached hydrogens (tertiary/aromatic N) is 5. The number of rotatable bonds is 8. The maximum atomic E-state index is 15.4. The van der Waals surface area contributed by atoms with Crippen LogP contribution in [0.1, 0.15) is 60.6 Å². The van der Waals surface area contributed by atoms with Crippen LogP contribution in [0.4, 0.5) is 37.8 Å². The lowest BCUT2D eigenvalue weighted by Crippen LogP contribution is -2.83. The number of fused-ring (bicyclic) bond motifs is 2. The summed E-state index contributed by atoms with van der Waals surface area (Å²) in [5.74, 6) is -1.60. The Hall–Kier alpha value is -3.67. The Morgan fingerprint density at radius 1 is 1.25 bits per heavy atom. The molecular weight excluding hydrogens is 718 g/mol. The van der Waals surface area contributed by atoms with Gasteiger partial charge in [0.1, 0.15) is 41.2 Å². The molecule has 0 bridgehead atoms. The van der Waals surface area contributed by atoms with Crippen molar-refractivity contribution in [3.63, 3.8) is 0 Å². The van der Waals surface area contributed by atoms with Gasteiger partial charge in [-0.1, -0.05) is 11.6 Å². The van der Waals surface area contributed by atoms with Crippen LogP contribution in [0.2, 0.25) is 0 Å². The molecule has 282 valence electrons. The summed E-state index contributed by atoms with van der Waals surface area (Å²) in [5, 5.41) is 10.2. The van der Waals surface area contributed by atoms with Gasteiger partial charge in [-0.25, -0.2) is 13.2 Å². The summed E-state index contributed by atoms with van der Waals surface area (Å²) >= 11 is 6.66. The third kappa shape index (κ3) is 6.92. The Morgan fingerprint density at radius 2 is 2.02 bits per heavy atom. The highest BCUT2D eigenvalue weighted by molar-refractivity contribution is 6.58. The van der Waals surface area contributed by atoms with Crippen molar-refractivity contribution >= 4 is 34.7 Å². The van der Waals surface area contributed by atoms with E-state index in [9.17, 15) is 26.7 Å². The molecular formula is C34H40ClF6N8O3+. The molecule has 1 aliphatic carbocycles. The summed E-state index contributed by atoms with van der Waals surface area (Å²) in [5.41, 5.74) is 3.48. The van der Waals surface area contributed by atoms with Gasteiger partial charge >= 0.3 is 12.2 Å². The molecule has 5 heterocycles. The van der Waals surface area contributed by atoms with Gasteiger partial charge in [-0.05, 0) is 31.5 Å². The second-order valence-electron chi connectivity index (χ2n) is 14.3.